The summed E-state index contributed by atoms with van der Waals surface area (Å²) < 4.78 is 4.62. The molecule has 0 bridgehead atoms. The zero-order valence-corrected chi connectivity index (χ0v) is 9.14. The molecule has 1 aromatic carbocycles. The van der Waals surface area contributed by atoms with Gasteiger partial charge in [-0.25, -0.2) is 0 Å². The molecule has 0 unspecified atom stereocenters. The van der Waals surface area contributed by atoms with Crippen LogP contribution < -0.4 is 0 Å². The van der Waals surface area contributed by atoms with Crippen LogP contribution in [-0.2, 0) is 16.0 Å². The standard InChI is InChI=1S/C13H13NO2/c1-16-12(15)8-7-11-5-2-4-10-6-3-9-14-13(10)11/h2-6,9H,7-8H2,1H3. The third-order valence-electron chi connectivity index (χ3n) is 2.54. The smallest absolute Gasteiger partial charge is 0.305 e. The van der Waals surface area contributed by atoms with E-state index in [-0.39, 0.29) is 5.97 Å². The van der Waals surface area contributed by atoms with Crippen LogP contribution in [0.25, 0.3) is 10.9 Å². The predicted molar refractivity (Wildman–Crippen MR) is 62.1 cm³/mol. The molecule has 0 spiro atoms. The van der Waals surface area contributed by atoms with Crippen molar-refractivity contribution in [3.05, 3.63) is 42.1 Å². The number of esters is 1. The minimum Gasteiger partial charge on any atom is -0.469 e. The number of rotatable bonds is 3. The average Bonchev–Trinajstić information content (AvgIpc) is 2.35. The Morgan fingerprint density at radius 3 is 2.94 bits per heavy atom. The Balaban J connectivity index is 2.27. The maximum Gasteiger partial charge on any atom is 0.305 e. The summed E-state index contributed by atoms with van der Waals surface area (Å²) in [6, 6.07) is 9.93. The molecule has 0 saturated carbocycles. The van der Waals surface area contributed by atoms with Gasteiger partial charge in [-0.05, 0) is 18.1 Å². The molecule has 0 saturated heterocycles. The molecule has 2 rings (SSSR count). The summed E-state index contributed by atoms with van der Waals surface area (Å²) in [6.07, 6.45) is 2.83. The van der Waals surface area contributed by atoms with Gasteiger partial charge in [0.1, 0.15) is 0 Å². The molecule has 0 aliphatic carbocycles. The van der Waals surface area contributed by atoms with Crippen LogP contribution in [-0.4, -0.2) is 18.1 Å². The van der Waals surface area contributed by atoms with Crippen molar-refractivity contribution in [1.29, 1.82) is 0 Å². The van der Waals surface area contributed by atoms with Gasteiger partial charge in [0.15, 0.2) is 0 Å². The largest absolute Gasteiger partial charge is 0.469 e. The zero-order chi connectivity index (χ0) is 11.4. The fourth-order valence-corrected chi connectivity index (χ4v) is 1.71. The Morgan fingerprint density at radius 2 is 2.12 bits per heavy atom. The quantitative estimate of drug-likeness (QED) is 0.738. The first-order valence-corrected chi connectivity index (χ1v) is 5.20. The highest BCUT2D eigenvalue weighted by atomic mass is 16.5. The highest BCUT2D eigenvalue weighted by Crippen LogP contribution is 2.17. The van der Waals surface area contributed by atoms with Crippen molar-refractivity contribution in [2.24, 2.45) is 0 Å². The van der Waals surface area contributed by atoms with E-state index < -0.39 is 0 Å². The lowest BCUT2D eigenvalue weighted by Gasteiger charge is -2.04. The van der Waals surface area contributed by atoms with Crippen molar-refractivity contribution < 1.29 is 9.53 Å². The van der Waals surface area contributed by atoms with Crippen LogP contribution in [0.15, 0.2) is 36.5 Å². The Bertz CT molecular complexity index is 503. The Kier molecular flexibility index (Phi) is 3.15. The molecular formula is C13H13NO2. The minimum atomic E-state index is -0.187. The monoisotopic (exact) mass is 215 g/mol. The number of methoxy groups -OCH3 is 1. The van der Waals surface area contributed by atoms with Gasteiger partial charge in [0.05, 0.1) is 12.6 Å². The molecule has 3 nitrogen and oxygen atoms in total. The molecule has 0 atom stereocenters. The van der Waals surface area contributed by atoms with Crippen molar-refractivity contribution in [3.8, 4) is 0 Å². The Morgan fingerprint density at radius 1 is 1.31 bits per heavy atom. The number of carbonyl (C=O) groups is 1. The molecule has 0 aliphatic heterocycles. The van der Waals surface area contributed by atoms with E-state index >= 15 is 0 Å². The van der Waals surface area contributed by atoms with E-state index in [1.54, 1.807) is 6.20 Å². The summed E-state index contributed by atoms with van der Waals surface area (Å²) in [4.78, 5) is 15.4. The van der Waals surface area contributed by atoms with Crippen LogP contribution in [0.3, 0.4) is 0 Å². The summed E-state index contributed by atoms with van der Waals surface area (Å²) in [6.45, 7) is 0. The van der Waals surface area contributed by atoms with Gasteiger partial charge in [0, 0.05) is 18.0 Å². The zero-order valence-electron chi connectivity index (χ0n) is 9.14. The van der Waals surface area contributed by atoms with Gasteiger partial charge in [-0.15, -0.1) is 0 Å². The van der Waals surface area contributed by atoms with Crippen LogP contribution in [0.1, 0.15) is 12.0 Å². The van der Waals surface area contributed by atoms with Gasteiger partial charge in [-0.3, -0.25) is 9.78 Å². The van der Waals surface area contributed by atoms with E-state index in [9.17, 15) is 4.79 Å². The number of aryl methyl sites for hydroxylation is 1. The van der Waals surface area contributed by atoms with E-state index in [2.05, 4.69) is 9.72 Å². The van der Waals surface area contributed by atoms with Crippen molar-refractivity contribution in [2.45, 2.75) is 12.8 Å². The second-order valence-electron chi connectivity index (χ2n) is 3.57. The predicted octanol–water partition coefficient (Wildman–Crippen LogP) is 2.34. The van der Waals surface area contributed by atoms with Crippen molar-refractivity contribution in [3.63, 3.8) is 0 Å². The molecule has 1 heterocycles. The maximum atomic E-state index is 11.1. The average molecular weight is 215 g/mol. The Hall–Kier alpha value is -1.90. The number of pyridine rings is 1. The molecule has 0 radical (unpaired) electrons. The van der Waals surface area contributed by atoms with Crippen LogP contribution in [0.2, 0.25) is 0 Å². The topological polar surface area (TPSA) is 39.2 Å². The summed E-state index contributed by atoms with van der Waals surface area (Å²) in [7, 11) is 1.41. The molecule has 16 heavy (non-hydrogen) atoms. The second kappa shape index (κ2) is 4.75. The number of ether oxygens (including phenoxy) is 1. The first-order chi connectivity index (χ1) is 7.81. The van der Waals surface area contributed by atoms with E-state index in [0.717, 1.165) is 16.5 Å². The number of carbonyl (C=O) groups excluding carboxylic acids is 1. The number of benzene rings is 1. The third-order valence-corrected chi connectivity index (χ3v) is 2.54. The van der Waals surface area contributed by atoms with Gasteiger partial charge in [0.25, 0.3) is 0 Å². The van der Waals surface area contributed by atoms with Crippen molar-refractivity contribution in [1.82, 2.24) is 4.98 Å². The van der Waals surface area contributed by atoms with Crippen molar-refractivity contribution >= 4 is 16.9 Å². The van der Waals surface area contributed by atoms with E-state index in [0.29, 0.717) is 12.8 Å². The fourth-order valence-electron chi connectivity index (χ4n) is 1.71. The van der Waals surface area contributed by atoms with Crippen LogP contribution in [0, 0.1) is 0 Å². The lowest BCUT2D eigenvalue weighted by Crippen LogP contribution is -2.02. The number of para-hydroxylation sites is 1. The summed E-state index contributed by atoms with van der Waals surface area (Å²) in [5.74, 6) is -0.187. The first kappa shape index (κ1) is 10.6. The normalized spacial score (nSPS) is 10.3. The number of nitrogens with zero attached hydrogens (tertiary/aromatic N) is 1. The molecule has 0 N–H and O–H groups in total. The molecule has 2 aromatic rings. The number of aromatic nitrogens is 1. The highest BCUT2D eigenvalue weighted by molar-refractivity contribution is 5.82. The lowest BCUT2D eigenvalue weighted by atomic mass is 10.1. The van der Waals surface area contributed by atoms with Crippen LogP contribution in [0.5, 0.6) is 0 Å². The molecule has 0 aliphatic rings. The van der Waals surface area contributed by atoms with Crippen LogP contribution >= 0.6 is 0 Å². The first-order valence-electron chi connectivity index (χ1n) is 5.20. The summed E-state index contributed by atoms with van der Waals surface area (Å²) in [5, 5.41) is 1.10. The second-order valence-corrected chi connectivity index (χ2v) is 3.57. The summed E-state index contributed by atoms with van der Waals surface area (Å²) in [5.41, 5.74) is 2.05. The van der Waals surface area contributed by atoms with Gasteiger partial charge >= 0.3 is 5.97 Å². The maximum absolute atomic E-state index is 11.1. The number of hydrogen-bond donors (Lipinski definition) is 0. The van der Waals surface area contributed by atoms with Crippen LogP contribution in [0.4, 0.5) is 0 Å². The highest BCUT2D eigenvalue weighted by Gasteiger charge is 2.05. The lowest BCUT2D eigenvalue weighted by molar-refractivity contribution is -0.140. The number of fused-ring (bicyclic) bond motifs is 1. The molecule has 3 heteroatoms. The van der Waals surface area contributed by atoms with Gasteiger partial charge in [-0.2, -0.15) is 0 Å². The summed E-state index contributed by atoms with van der Waals surface area (Å²) >= 11 is 0. The van der Waals surface area contributed by atoms with Crippen molar-refractivity contribution in [2.75, 3.05) is 7.11 Å². The molecule has 82 valence electrons. The Labute approximate surface area is 94.1 Å². The SMILES string of the molecule is COC(=O)CCc1cccc2cccnc12. The van der Waals surface area contributed by atoms with E-state index in [4.69, 9.17) is 0 Å². The number of hydrogen-bond acceptors (Lipinski definition) is 3. The third kappa shape index (κ3) is 2.19. The minimum absolute atomic E-state index is 0.187. The van der Waals surface area contributed by atoms with Gasteiger partial charge in [0.2, 0.25) is 0 Å². The molecule has 1 aromatic heterocycles. The van der Waals surface area contributed by atoms with Gasteiger partial charge in [-0.1, -0.05) is 24.3 Å². The fraction of sp³-hybridized carbons (Fsp3) is 0.231. The van der Waals surface area contributed by atoms with E-state index in [1.165, 1.54) is 7.11 Å². The molecule has 0 amide bonds. The van der Waals surface area contributed by atoms with Gasteiger partial charge < -0.3 is 4.74 Å². The van der Waals surface area contributed by atoms with E-state index in [1.807, 2.05) is 30.3 Å². The molecular weight excluding hydrogens is 202 g/mol. The molecule has 0 fully saturated rings.